The van der Waals surface area contributed by atoms with E-state index in [9.17, 15) is 0 Å². The number of rotatable bonds is 2. The average Bonchev–Trinajstić information content (AvgIpc) is 2.75. The predicted octanol–water partition coefficient (Wildman–Crippen LogP) is 3.12. The molecule has 96 valence electrons. The molecule has 0 amide bonds. The molecule has 0 saturated carbocycles. The highest BCUT2D eigenvalue weighted by atomic mass is 79.9. The normalized spacial score (nSPS) is 21.6. The van der Waals surface area contributed by atoms with Gasteiger partial charge in [-0.15, -0.1) is 0 Å². The van der Waals surface area contributed by atoms with E-state index in [-0.39, 0.29) is 0 Å². The van der Waals surface area contributed by atoms with E-state index < -0.39 is 0 Å². The van der Waals surface area contributed by atoms with Crippen molar-refractivity contribution in [1.29, 1.82) is 0 Å². The van der Waals surface area contributed by atoms with Gasteiger partial charge in [-0.1, -0.05) is 6.42 Å². The van der Waals surface area contributed by atoms with Crippen LogP contribution < -0.4 is 0 Å². The lowest BCUT2D eigenvalue weighted by atomic mass is 10.00. The van der Waals surface area contributed by atoms with Gasteiger partial charge < -0.3 is 9.30 Å². The van der Waals surface area contributed by atoms with Gasteiger partial charge in [0, 0.05) is 23.1 Å². The summed E-state index contributed by atoms with van der Waals surface area (Å²) in [6.07, 6.45) is 9.09. The third-order valence-electron chi connectivity index (χ3n) is 3.91. The molecule has 2 aromatic heterocycles. The molecule has 0 N–H and O–H groups in total. The quantitative estimate of drug-likeness (QED) is 0.850. The summed E-state index contributed by atoms with van der Waals surface area (Å²) in [6.45, 7) is 1.22. The van der Waals surface area contributed by atoms with Gasteiger partial charge in [0.25, 0.3) is 0 Å². The number of piperidine rings is 1. The molecule has 0 bridgehead atoms. The van der Waals surface area contributed by atoms with Gasteiger partial charge in [-0.05, 0) is 54.5 Å². The van der Waals surface area contributed by atoms with Crippen molar-refractivity contribution in [3.05, 3.63) is 34.8 Å². The van der Waals surface area contributed by atoms with Crippen LogP contribution in [0.15, 0.2) is 29.0 Å². The first kappa shape index (κ1) is 12.2. The number of hydrogen-bond acceptors (Lipinski definition) is 2. The van der Waals surface area contributed by atoms with Gasteiger partial charge >= 0.3 is 0 Å². The van der Waals surface area contributed by atoms with Crippen LogP contribution in [0.4, 0.5) is 0 Å². The van der Waals surface area contributed by atoms with Crippen molar-refractivity contribution < 1.29 is 0 Å². The van der Waals surface area contributed by atoms with E-state index in [1.165, 1.54) is 37.1 Å². The minimum Gasteiger partial charge on any atom is -0.303 e. The molecule has 3 rings (SSSR count). The summed E-state index contributed by atoms with van der Waals surface area (Å²) < 4.78 is 3.30. The fraction of sp³-hybridized carbons (Fsp3) is 0.500. The van der Waals surface area contributed by atoms with Gasteiger partial charge in [0.2, 0.25) is 0 Å². The van der Waals surface area contributed by atoms with Crippen molar-refractivity contribution >= 4 is 21.4 Å². The molecule has 18 heavy (non-hydrogen) atoms. The second-order valence-electron chi connectivity index (χ2n) is 5.15. The Labute approximate surface area is 116 Å². The number of likely N-dealkylation sites (tertiary alicyclic amines) is 1. The largest absolute Gasteiger partial charge is 0.303 e. The van der Waals surface area contributed by atoms with Crippen molar-refractivity contribution in [2.45, 2.75) is 31.7 Å². The summed E-state index contributed by atoms with van der Waals surface area (Å²) in [5, 5.41) is 0. The molecule has 1 atom stereocenters. The monoisotopic (exact) mass is 307 g/mol. The molecule has 0 radical (unpaired) electrons. The van der Waals surface area contributed by atoms with Gasteiger partial charge in [0.1, 0.15) is 5.82 Å². The minimum atomic E-state index is 0.642. The van der Waals surface area contributed by atoms with Gasteiger partial charge in [-0.3, -0.25) is 0 Å². The van der Waals surface area contributed by atoms with Crippen molar-refractivity contribution in [2.75, 3.05) is 13.6 Å². The fourth-order valence-electron chi connectivity index (χ4n) is 2.78. The van der Waals surface area contributed by atoms with E-state index in [4.69, 9.17) is 0 Å². The zero-order valence-electron chi connectivity index (χ0n) is 10.6. The molecule has 1 aliphatic heterocycles. The topological polar surface area (TPSA) is 20.5 Å². The Balaban J connectivity index is 1.87. The Kier molecular flexibility index (Phi) is 3.39. The van der Waals surface area contributed by atoms with E-state index in [1.807, 2.05) is 6.20 Å². The van der Waals surface area contributed by atoms with E-state index in [0.29, 0.717) is 6.04 Å². The molecule has 1 fully saturated rings. The Morgan fingerprint density at radius 2 is 2.28 bits per heavy atom. The summed E-state index contributed by atoms with van der Waals surface area (Å²) in [5.41, 5.74) is 1.17. The molecule has 0 spiro atoms. The lowest BCUT2D eigenvalue weighted by Crippen LogP contribution is -2.38. The van der Waals surface area contributed by atoms with Crippen LogP contribution in [0.25, 0.3) is 5.52 Å². The highest BCUT2D eigenvalue weighted by Gasteiger charge is 2.20. The second kappa shape index (κ2) is 5.02. The SMILES string of the molecule is CN1CCCCC1Cc1ncc2ccc(Br)cn12. The van der Waals surface area contributed by atoms with Gasteiger partial charge in [0.15, 0.2) is 0 Å². The van der Waals surface area contributed by atoms with Crippen molar-refractivity contribution in [2.24, 2.45) is 0 Å². The van der Waals surface area contributed by atoms with E-state index in [1.54, 1.807) is 0 Å². The second-order valence-corrected chi connectivity index (χ2v) is 6.07. The van der Waals surface area contributed by atoms with Crippen LogP contribution in [-0.2, 0) is 6.42 Å². The van der Waals surface area contributed by atoms with Crippen LogP contribution in [0, 0.1) is 0 Å². The zero-order chi connectivity index (χ0) is 12.5. The number of imidazole rings is 1. The standard InChI is InChI=1S/C14H18BrN3/c1-17-7-3-2-4-12(17)8-14-16-9-13-6-5-11(15)10-18(13)14/h5-6,9-10,12H,2-4,7-8H2,1H3. The lowest BCUT2D eigenvalue weighted by Gasteiger charge is -2.32. The first-order valence-corrected chi connectivity index (χ1v) is 7.35. The number of pyridine rings is 1. The van der Waals surface area contributed by atoms with Crippen LogP contribution >= 0.6 is 15.9 Å². The molecular weight excluding hydrogens is 290 g/mol. The number of hydrogen-bond donors (Lipinski definition) is 0. The molecule has 3 heterocycles. The van der Waals surface area contributed by atoms with Crippen LogP contribution in [0.3, 0.4) is 0 Å². The summed E-state index contributed by atoms with van der Waals surface area (Å²) in [6, 6.07) is 4.81. The van der Waals surface area contributed by atoms with Crippen molar-refractivity contribution in [3.63, 3.8) is 0 Å². The number of likely N-dealkylation sites (N-methyl/N-ethyl adjacent to an activating group) is 1. The minimum absolute atomic E-state index is 0.642. The summed E-state index contributed by atoms with van der Waals surface area (Å²) in [7, 11) is 2.23. The third kappa shape index (κ3) is 2.31. The molecule has 4 heteroatoms. The fourth-order valence-corrected chi connectivity index (χ4v) is 3.12. The van der Waals surface area contributed by atoms with Crippen LogP contribution in [0.2, 0.25) is 0 Å². The molecule has 1 unspecified atom stereocenters. The molecule has 3 nitrogen and oxygen atoms in total. The van der Waals surface area contributed by atoms with Gasteiger partial charge in [-0.25, -0.2) is 4.98 Å². The molecule has 1 saturated heterocycles. The van der Waals surface area contributed by atoms with Crippen molar-refractivity contribution in [3.8, 4) is 0 Å². The first-order chi connectivity index (χ1) is 8.74. The van der Waals surface area contributed by atoms with Crippen LogP contribution in [-0.4, -0.2) is 33.9 Å². The van der Waals surface area contributed by atoms with E-state index in [2.05, 4.69) is 55.6 Å². The average molecular weight is 308 g/mol. The van der Waals surface area contributed by atoms with Gasteiger partial charge in [-0.2, -0.15) is 0 Å². The summed E-state index contributed by atoms with van der Waals surface area (Å²) >= 11 is 3.53. The smallest absolute Gasteiger partial charge is 0.114 e. The maximum Gasteiger partial charge on any atom is 0.114 e. The number of aromatic nitrogens is 2. The maximum atomic E-state index is 4.58. The summed E-state index contributed by atoms with van der Waals surface area (Å²) in [4.78, 5) is 7.06. The molecule has 0 aromatic carbocycles. The number of fused-ring (bicyclic) bond motifs is 1. The molecule has 1 aliphatic rings. The first-order valence-electron chi connectivity index (χ1n) is 6.56. The maximum absolute atomic E-state index is 4.58. The molecule has 0 aliphatic carbocycles. The lowest BCUT2D eigenvalue weighted by molar-refractivity contribution is 0.182. The zero-order valence-corrected chi connectivity index (χ0v) is 12.2. The predicted molar refractivity (Wildman–Crippen MR) is 76.9 cm³/mol. The summed E-state index contributed by atoms with van der Waals surface area (Å²) in [5.74, 6) is 1.17. The van der Waals surface area contributed by atoms with Crippen LogP contribution in [0.1, 0.15) is 25.1 Å². The van der Waals surface area contributed by atoms with E-state index >= 15 is 0 Å². The Bertz CT molecular complexity index is 549. The Morgan fingerprint density at radius 3 is 3.11 bits per heavy atom. The van der Waals surface area contributed by atoms with Gasteiger partial charge in [0.05, 0.1) is 11.7 Å². The third-order valence-corrected chi connectivity index (χ3v) is 4.38. The van der Waals surface area contributed by atoms with Crippen molar-refractivity contribution in [1.82, 2.24) is 14.3 Å². The van der Waals surface area contributed by atoms with Crippen LogP contribution in [0.5, 0.6) is 0 Å². The Hall–Kier alpha value is -0.870. The molecular formula is C14H18BrN3. The number of nitrogens with zero attached hydrogens (tertiary/aromatic N) is 3. The Morgan fingerprint density at radius 1 is 1.39 bits per heavy atom. The van der Waals surface area contributed by atoms with E-state index in [0.717, 1.165) is 10.9 Å². The highest BCUT2D eigenvalue weighted by Crippen LogP contribution is 2.20. The highest BCUT2D eigenvalue weighted by molar-refractivity contribution is 9.10. The molecule has 2 aromatic rings. The number of halogens is 1.